The summed E-state index contributed by atoms with van der Waals surface area (Å²) in [7, 11) is 1.84. The predicted octanol–water partition coefficient (Wildman–Crippen LogP) is 4.78. The second-order valence-corrected chi connectivity index (χ2v) is 6.18. The zero-order valence-corrected chi connectivity index (χ0v) is 14.5. The summed E-state index contributed by atoms with van der Waals surface area (Å²) in [4.78, 5) is 8.98. The molecule has 2 aromatic rings. The molecule has 0 amide bonds. The number of aryl methyl sites for hydroxylation is 1. The lowest BCUT2D eigenvalue weighted by atomic mass is 10.2. The Morgan fingerprint density at radius 3 is 2.39 bits per heavy atom. The number of nitrogens with zero attached hydrogens (tertiary/aromatic N) is 2. The highest BCUT2D eigenvalue weighted by molar-refractivity contribution is 9.13. The van der Waals surface area contributed by atoms with Gasteiger partial charge in [0, 0.05) is 21.6 Å². The summed E-state index contributed by atoms with van der Waals surface area (Å²) in [5.74, 6) is 1.49. The molecule has 0 aliphatic heterocycles. The Balaban J connectivity index is 2.57. The standard InChI is InChI=1S/C12H10Br3N3/c1-6-10(15)12(16-2)18-11(17-6)7-3-4-8(13)9(14)5-7/h3-5H,1-2H3,(H,16,17,18). The normalized spacial score (nSPS) is 10.5. The number of hydrogen-bond donors (Lipinski definition) is 1. The highest BCUT2D eigenvalue weighted by Crippen LogP contribution is 2.30. The minimum Gasteiger partial charge on any atom is -0.372 e. The van der Waals surface area contributed by atoms with E-state index in [1.165, 1.54) is 0 Å². The van der Waals surface area contributed by atoms with Gasteiger partial charge in [0.25, 0.3) is 0 Å². The topological polar surface area (TPSA) is 37.8 Å². The average molecular weight is 436 g/mol. The molecule has 1 aromatic carbocycles. The third kappa shape index (κ3) is 2.75. The second kappa shape index (κ2) is 5.67. The SMILES string of the molecule is CNc1nc(-c2ccc(Br)c(Br)c2)nc(C)c1Br. The van der Waals surface area contributed by atoms with E-state index in [2.05, 4.69) is 63.1 Å². The van der Waals surface area contributed by atoms with Crippen LogP contribution in [0.5, 0.6) is 0 Å². The Hall–Kier alpha value is -0.460. The molecule has 0 spiro atoms. The first-order valence-electron chi connectivity index (χ1n) is 5.20. The van der Waals surface area contributed by atoms with E-state index in [9.17, 15) is 0 Å². The van der Waals surface area contributed by atoms with Gasteiger partial charge in [0.05, 0.1) is 10.2 Å². The minimum absolute atomic E-state index is 0.702. The van der Waals surface area contributed by atoms with Crippen LogP contribution in [0.3, 0.4) is 0 Å². The van der Waals surface area contributed by atoms with Gasteiger partial charge >= 0.3 is 0 Å². The van der Waals surface area contributed by atoms with Gasteiger partial charge < -0.3 is 5.32 Å². The number of nitrogens with one attached hydrogen (secondary N) is 1. The van der Waals surface area contributed by atoms with Gasteiger partial charge in [-0.3, -0.25) is 0 Å². The molecule has 0 bridgehead atoms. The zero-order chi connectivity index (χ0) is 13.3. The largest absolute Gasteiger partial charge is 0.372 e. The maximum absolute atomic E-state index is 4.49. The first kappa shape index (κ1) is 14.0. The lowest BCUT2D eigenvalue weighted by molar-refractivity contribution is 1.09. The lowest BCUT2D eigenvalue weighted by Gasteiger charge is -2.09. The third-order valence-corrected chi connectivity index (χ3v) is 5.26. The van der Waals surface area contributed by atoms with E-state index >= 15 is 0 Å². The van der Waals surface area contributed by atoms with Crippen LogP contribution in [0.25, 0.3) is 11.4 Å². The van der Waals surface area contributed by atoms with Crippen molar-refractivity contribution in [2.24, 2.45) is 0 Å². The van der Waals surface area contributed by atoms with Gasteiger partial charge in [0.15, 0.2) is 5.82 Å². The second-order valence-electron chi connectivity index (χ2n) is 3.67. The van der Waals surface area contributed by atoms with Crippen LogP contribution in [0.15, 0.2) is 31.6 Å². The van der Waals surface area contributed by atoms with Crippen LogP contribution in [0, 0.1) is 6.92 Å². The van der Waals surface area contributed by atoms with Gasteiger partial charge in [-0.15, -0.1) is 0 Å². The highest BCUT2D eigenvalue weighted by atomic mass is 79.9. The fourth-order valence-electron chi connectivity index (χ4n) is 1.49. The Kier molecular flexibility index (Phi) is 4.40. The van der Waals surface area contributed by atoms with E-state index in [0.29, 0.717) is 5.82 Å². The minimum atomic E-state index is 0.702. The molecule has 3 nitrogen and oxygen atoms in total. The van der Waals surface area contributed by atoms with Crippen molar-refractivity contribution in [3.8, 4) is 11.4 Å². The van der Waals surface area contributed by atoms with Gasteiger partial charge in [-0.2, -0.15) is 0 Å². The van der Waals surface area contributed by atoms with Crippen molar-refractivity contribution in [3.63, 3.8) is 0 Å². The van der Waals surface area contributed by atoms with Crippen LogP contribution in [-0.2, 0) is 0 Å². The highest BCUT2D eigenvalue weighted by Gasteiger charge is 2.10. The van der Waals surface area contributed by atoms with Crippen molar-refractivity contribution >= 4 is 53.6 Å². The quantitative estimate of drug-likeness (QED) is 0.737. The third-order valence-electron chi connectivity index (χ3n) is 2.43. The summed E-state index contributed by atoms with van der Waals surface area (Å²) in [6, 6.07) is 5.95. The van der Waals surface area contributed by atoms with E-state index in [4.69, 9.17) is 0 Å². The molecule has 1 heterocycles. The fourth-order valence-corrected chi connectivity index (χ4v) is 2.49. The summed E-state index contributed by atoms with van der Waals surface area (Å²) >= 11 is 10.4. The summed E-state index contributed by atoms with van der Waals surface area (Å²) in [6.07, 6.45) is 0. The number of hydrogen-bond acceptors (Lipinski definition) is 3. The van der Waals surface area contributed by atoms with Crippen molar-refractivity contribution in [2.75, 3.05) is 12.4 Å². The summed E-state index contributed by atoms with van der Waals surface area (Å²) in [5.41, 5.74) is 1.88. The van der Waals surface area contributed by atoms with Gasteiger partial charge in [0.1, 0.15) is 5.82 Å². The number of halogens is 3. The molecule has 2 rings (SSSR count). The van der Waals surface area contributed by atoms with Crippen molar-refractivity contribution < 1.29 is 0 Å². The number of anilines is 1. The summed E-state index contributed by atoms with van der Waals surface area (Å²) in [6.45, 7) is 1.95. The molecule has 0 atom stereocenters. The molecule has 0 fully saturated rings. The van der Waals surface area contributed by atoms with Gasteiger partial charge in [-0.05, 0) is 72.9 Å². The number of benzene rings is 1. The van der Waals surface area contributed by atoms with E-state index in [1.807, 2.05) is 32.2 Å². The van der Waals surface area contributed by atoms with E-state index in [1.54, 1.807) is 0 Å². The van der Waals surface area contributed by atoms with E-state index in [0.717, 1.165) is 30.5 Å². The molecule has 0 aliphatic rings. The molecule has 0 aliphatic carbocycles. The first-order valence-corrected chi connectivity index (χ1v) is 7.58. The molecular weight excluding hydrogens is 426 g/mol. The number of rotatable bonds is 2. The first-order chi connectivity index (χ1) is 8.52. The zero-order valence-electron chi connectivity index (χ0n) is 9.76. The van der Waals surface area contributed by atoms with E-state index in [-0.39, 0.29) is 0 Å². The van der Waals surface area contributed by atoms with Crippen molar-refractivity contribution in [1.82, 2.24) is 9.97 Å². The molecule has 6 heteroatoms. The van der Waals surface area contributed by atoms with Crippen molar-refractivity contribution in [2.45, 2.75) is 6.92 Å². The molecular formula is C12H10Br3N3. The molecule has 94 valence electrons. The van der Waals surface area contributed by atoms with Crippen LogP contribution in [-0.4, -0.2) is 17.0 Å². The molecule has 1 aromatic heterocycles. The molecule has 1 N–H and O–H groups in total. The van der Waals surface area contributed by atoms with Gasteiger partial charge in [0.2, 0.25) is 0 Å². The summed E-state index contributed by atoms with van der Waals surface area (Å²) < 4.78 is 2.88. The maximum Gasteiger partial charge on any atom is 0.161 e. The van der Waals surface area contributed by atoms with Crippen LogP contribution in [0.1, 0.15) is 5.69 Å². The van der Waals surface area contributed by atoms with E-state index < -0.39 is 0 Å². The molecule has 18 heavy (non-hydrogen) atoms. The van der Waals surface area contributed by atoms with Gasteiger partial charge in [-0.1, -0.05) is 0 Å². The Morgan fingerprint density at radius 2 is 1.78 bits per heavy atom. The Labute approximate surface area is 131 Å². The lowest BCUT2D eigenvalue weighted by Crippen LogP contribution is -2.00. The van der Waals surface area contributed by atoms with Gasteiger partial charge in [-0.25, -0.2) is 9.97 Å². The predicted molar refractivity (Wildman–Crippen MR) is 84.9 cm³/mol. The van der Waals surface area contributed by atoms with Crippen LogP contribution in [0.2, 0.25) is 0 Å². The Bertz CT molecular complexity index is 599. The molecule has 0 saturated heterocycles. The van der Waals surface area contributed by atoms with Crippen molar-refractivity contribution in [1.29, 1.82) is 0 Å². The summed E-state index contributed by atoms with van der Waals surface area (Å²) in [5, 5.41) is 3.05. The van der Waals surface area contributed by atoms with Crippen LogP contribution < -0.4 is 5.32 Å². The number of aromatic nitrogens is 2. The fraction of sp³-hybridized carbons (Fsp3) is 0.167. The smallest absolute Gasteiger partial charge is 0.161 e. The molecule has 0 saturated carbocycles. The van der Waals surface area contributed by atoms with Crippen molar-refractivity contribution in [3.05, 3.63) is 37.3 Å². The monoisotopic (exact) mass is 433 g/mol. The average Bonchev–Trinajstić information content (AvgIpc) is 2.36. The van der Waals surface area contributed by atoms with Crippen LogP contribution in [0.4, 0.5) is 5.82 Å². The molecule has 0 radical (unpaired) electrons. The molecule has 0 unspecified atom stereocenters. The van der Waals surface area contributed by atoms with Crippen LogP contribution >= 0.6 is 47.8 Å². The Morgan fingerprint density at radius 1 is 1.06 bits per heavy atom. The maximum atomic E-state index is 4.49.